The molecule has 1 unspecified atom stereocenters. The summed E-state index contributed by atoms with van der Waals surface area (Å²) in [7, 11) is 0. The summed E-state index contributed by atoms with van der Waals surface area (Å²) in [5.41, 5.74) is 1.02. The molecule has 2 aliphatic rings. The van der Waals surface area contributed by atoms with E-state index in [0.29, 0.717) is 12.4 Å². The lowest BCUT2D eigenvalue weighted by Crippen LogP contribution is -2.39. The van der Waals surface area contributed by atoms with Crippen molar-refractivity contribution in [2.75, 3.05) is 6.54 Å². The first-order valence-electron chi connectivity index (χ1n) is 8.20. The number of amides is 3. The number of rotatable bonds is 3. The third kappa shape index (κ3) is 2.46. The minimum absolute atomic E-state index is 0.122. The third-order valence-electron chi connectivity index (χ3n) is 4.55. The maximum absolute atomic E-state index is 12.8. The Morgan fingerprint density at radius 1 is 1.21 bits per heavy atom. The molecule has 1 saturated heterocycles. The Morgan fingerprint density at radius 3 is 2.79 bits per heavy atom. The summed E-state index contributed by atoms with van der Waals surface area (Å²) < 4.78 is 1.82. The first-order chi connectivity index (χ1) is 11.6. The summed E-state index contributed by atoms with van der Waals surface area (Å²) >= 11 is 0. The molecule has 1 fully saturated rings. The van der Waals surface area contributed by atoms with Gasteiger partial charge < -0.3 is 4.90 Å². The first kappa shape index (κ1) is 14.9. The third-order valence-corrected chi connectivity index (χ3v) is 4.55. The van der Waals surface area contributed by atoms with E-state index in [2.05, 4.69) is 10.1 Å². The molecule has 4 rings (SSSR count). The van der Waals surface area contributed by atoms with Crippen molar-refractivity contribution in [3.8, 4) is 0 Å². The van der Waals surface area contributed by atoms with Gasteiger partial charge in [0.05, 0.1) is 0 Å². The standard InChI is InChI=1S/C17H19N5O2/c1-12-18-16-14(8-5-9-21(16)19-12)22-15(23)11-20(17(22)24)10-13-6-3-2-4-7-13/h2-4,6-7,14H,5,8-11H2,1H3. The topological polar surface area (TPSA) is 71.3 Å². The molecule has 1 aromatic carbocycles. The quantitative estimate of drug-likeness (QED) is 0.808. The molecule has 1 aromatic heterocycles. The number of hydrogen-bond acceptors (Lipinski definition) is 4. The molecule has 2 aromatic rings. The van der Waals surface area contributed by atoms with E-state index in [0.717, 1.165) is 30.8 Å². The van der Waals surface area contributed by atoms with E-state index < -0.39 is 0 Å². The van der Waals surface area contributed by atoms with Crippen molar-refractivity contribution < 1.29 is 9.59 Å². The van der Waals surface area contributed by atoms with Gasteiger partial charge >= 0.3 is 6.03 Å². The summed E-state index contributed by atoms with van der Waals surface area (Å²) in [6.45, 7) is 3.19. The summed E-state index contributed by atoms with van der Waals surface area (Å²) in [5.74, 6) is 1.24. The van der Waals surface area contributed by atoms with Gasteiger partial charge in [0.25, 0.3) is 5.91 Å². The van der Waals surface area contributed by atoms with Crippen LogP contribution in [0.4, 0.5) is 4.79 Å². The number of fused-ring (bicyclic) bond motifs is 1. The Hall–Kier alpha value is -2.70. The van der Waals surface area contributed by atoms with Crippen molar-refractivity contribution in [3.63, 3.8) is 0 Å². The van der Waals surface area contributed by atoms with E-state index in [9.17, 15) is 9.59 Å². The zero-order valence-corrected chi connectivity index (χ0v) is 13.6. The molecule has 7 heteroatoms. The summed E-state index contributed by atoms with van der Waals surface area (Å²) in [6.07, 6.45) is 1.63. The molecule has 3 amide bonds. The van der Waals surface area contributed by atoms with Crippen LogP contribution in [0.25, 0.3) is 0 Å². The molecule has 0 aliphatic carbocycles. The number of carbonyl (C=O) groups excluding carboxylic acids is 2. The van der Waals surface area contributed by atoms with Crippen molar-refractivity contribution in [3.05, 3.63) is 47.5 Å². The number of urea groups is 1. The lowest BCUT2D eigenvalue weighted by Gasteiger charge is -2.29. The highest BCUT2D eigenvalue weighted by Crippen LogP contribution is 2.32. The predicted molar refractivity (Wildman–Crippen MR) is 85.8 cm³/mol. The predicted octanol–water partition coefficient (Wildman–Crippen LogP) is 1.89. The van der Waals surface area contributed by atoms with E-state index in [1.54, 1.807) is 4.90 Å². The Balaban J connectivity index is 1.58. The second-order valence-corrected chi connectivity index (χ2v) is 6.29. The van der Waals surface area contributed by atoms with Crippen LogP contribution in [0.15, 0.2) is 30.3 Å². The molecule has 0 radical (unpaired) electrons. The first-order valence-corrected chi connectivity index (χ1v) is 8.20. The van der Waals surface area contributed by atoms with Crippen LogP contribution in [0.3, 0.4) is 0 Å². The van der Waals surface area contributed by atoms with Gasteiger partial charge in [-0.15, -0.1) is 0 Å². The number of hydrogen-bond donors (Lipinski definition) is 0. The monoisotopic (exact) mass is 325 g/mol. The van der Waals surface area contributed by atoms with Crippen molar-refractivity contribution in [2.45, 2.75) is 38.9 Å². The van der Waals surface area contributed by atoms with E-state index >= 15 is 0 Å². The van der Waals surface area contributed by atoms with Crippen LogP contribution in [-0.2, 0) is 17.9 Å². The second kappa shape index (κ2) is 5.74. The smallest absolute Gasteiger partial charge is 0.311 e. The highest BCUT2D eigenvalue weighted by Gasteiger charge is 2.43. The second-order valence-electron chi connectivity index (χ2n) is 6.29. The maximum atomic E-state index is 12.8. The highest BCUT2D eigenvalue weighted by atomic mass is 16.2. The van der Waals surface area contributed by atoms with E-state index in [-0.39, 0.29) is 24.5 Å². The van der Waals surface area contributed by atoms with Crippen LogP contribution in [0, 0.1) is 6.92 Å². The molecule has 1 atom stereocenters. The van der Waals surface area contributed by atoms with Crippen LogP contribution in [0.5, 0.6) is 0 Å². The normalized spacial score (nSPS) is 20.6. The Kier molecular flexibility index (Phi) is 3.55. The van der Waals surface area contributed by atoms with Crippen molar-refractivity contribution in [1.29, 1.82) is 0 Å². The molecule has 2 aliphatic heterocycles. The van der Waals surface area contributed by atoms with Gasteiger partial charge in [-0.25, -0.2) is 14.5 Å². The Labute approximate surface area is 139 Å². The molecule has 124 valence electrons. The number of nitrogens with zero attached hydrogens (tertiary/aromatic N) is 5. The molecule has 0 saturated carbocycles. The Bertz CT molecular complexity index is 786. The van der Waals surface area contributed by atoms with Crippen molar-refractivity contribution >= 4 is 11.9 Å². The molecular weight excluding hydrogens is 306 g/mol. The molecule has 24 heavy (non-hydrogen) atoms. The summed E-state index contributed by atoms with van der Waals surface area (Å²) in [6, 6.07) is 9.18. The van der Waals surface area contributed by atoms with E-state index in [1.165, 1.54) is 4.90 Å². The number of benzene rings is 1. The minimum atomic E-state index is -0.305. The van der Waals surface area contributed by atoms with Gasteiger partial charge in [0.1, 0.15) is 18.4 Å². The number of aromatic nitrogens is 3. The summed E-state index contributed by atoms with van der Waals surface area (Å²) in [5, 5.41) is 4.35. The van der Waals surface area contributed by atoms with Crippen LogP contribution < -0.4 is 0 Å². The lowest BCUT2D eigenvalue weighted by atomic mass is 10.1. The molecule has 0 N–H and O–H groups in total. The van der Waals surface area contributed by atoms with Gasteiger partial charge in [-0.3, -0.25) is 9.69 Å². The van der Waals surface area contributed by atoms with E-state index in [1.807, 2.05) is 41.9 Å². The fourth-order valence-corrected chi connectivity index (χ4v) is 3.49. The van der Waals surface area contributed by atoms with E-state index in [4.69, 9.17) is 0 Å². The average Bonchev–Trinajstić information content (AvgIpc) is 3.08. The van der Waals surface area contributed by atoms with Crippen molar-refractivity contribution in [2.24, 2.45) is 0 Å². The fraction of sp³-hybridized carbons (Fsp3) is 0.412. The molecular formula is C17H19N5O2. The zero-order chi connectivity index (χ0) is 16.7. The molecule has 7 nitrogen and oxygen atoms in total. The minimum Gasteiger partial charge on any atom is -0.311 e. The Morgan fingerprint density at radius 2 is 2.00 bits per heavy atom. The number of aryl methyl sites for hydroxylation is 2. The van der Waals surface area contributed by atoms with Crippen LogP contribution in [-0.4, -0.2) is 43.0 Å². The van der Waals surface area contributed by atoms with Crippen LogP contribution in [0.1, 0.15) is 36.1 Å². The van der Waals surface area contributed by atoms with Gasteiger partial charge in [-0.05, 0) is 25.3 Å². The van der Waals surface area contributed by atoms with Crippen molar-refractivity contribution in [1.82, 2.24) is 24.6 Å². The fourth-order valence-electron chi connectivity index (χ4n) is 3.49. The van der Waals surface area contributed by atoms with Gasteiger partial charge in [0, 0.05) is 13.1 Å². The molecule has 3 heterocycles. The maximum Gasteiger partial charge on any atom is 0.328 e. The zero-order valence-electron chi connectivity index (χ0n) is 13.6. The van der Waals surface area contributed by atoms with Gasteiger partial charge in [-0.1, -0.05) is 30.3 Å². The van der Waals surface area contributed by atoms with Gasteiger partial charge in [0.2, 0.25) is 0 Å². The molecule has 0 spiro atoms. The highest BCUT2D eigenvalue weighted by molar-refractivity contribution is 6.02. The number of imide groups is 1. The summed E-state index contributed by atoms with van der Waals surface area (Å²) in [4.78, 5) is 32.7. The lowest BCUT2D eigenvalue weighted by molar-refractivity contribution is -0.127. The SMILES string of the molecule is Cc1nc2n(n1)CCCC2N1C(=O)CN(Cc2ccccc2)C1=O. The van der Waals surface area contributed by atoms with Gasteiger partial charge in [-0.2, -0.15) is 5.10 Å². The number of carbonyl (C=O) groups is 2. The largest absolute Gasteiger partial charge is 0.328 e. The molecule has 0 bridgehead atoms. The van der Waals surface area contributed by atoms with Crippen LogP contribution in [0.2, 0.25) is 0 Å². The van der Waals surface area contributed by atoms with Gasteiger partial charge in [0.15, 0.2) is 5.82 Å². The van der Waals surface area contributed by atoms with Crippen LogP contribution >= 0.6 is 0 Å². The average molecular weight is 325 g/mol.